The van der Waals surface area contributed by atoms with Gasteiger partial charge < -0.3 is 10.5 Å². The molecule has 0 radical (unpaired) electrons. The molecule has 0 aliphatic heterocycles. The summed E-state index contributed by atoms with van der Waals surface area (Å²) in [5, 5.41) is 0. The smallest absolute Gasteiger partial charge is 0.0906 e. The van der Waals surface area contributed by atoms with Gasteiger partial charge in [0.25, 0.3) is 0 Å². The standard InChI is InChI=1S/C8H16N2O/c1-7(9)10-6-8(11-2)4-3-5-8/h3-6H2,1-2H3,(H2,9,10). The first-order chi connectivity index (χ1) is 5.18. The van der Waals surface area contributed by atoms with Crippen LogP contribution in [0.25, 0.3) is 0 Å². The van der Waals surface area contributed by atoms with Gasteiger partial charge in [0, 0.05) is 7.11 Å². The van der Waals surface area contributed by atoms with Crippen molar-refractivity contribution in [1.82, 2.24) is 0 Å². The lowest BCUT2D eigenvalue weighted by Crippen LogP contribution is -2.42. The molecule has 0 atom stereocenters. The highest BCUT2D eigenvalue weighted by atomic mass is 16.5. The number of rotatable bonds is 3. The molecule has 1 aliphatic rings. The molecule has 0 saturated heterocycles. The largest absolute Gasteiger partial charge is 0.388 e. The fourth-order valence-corrected chi connectivity index (χ4v) is 1.27. The Bertz CT molecular complexity index is 152. The summed E-state index contributed by atoms with van der Waals surface area (Å²) >= 11 is 0. The van der Waals surface area contributed by atoms with Crippen LogP contribution < -0.4 is 5.73 Å². The summed E-state index contributed by atoms with van der Waals surface area (Å²) in [6.45, 7) is 2.54. The number of ether oxygens (including phenoxy) is 1. The second-order valence-corrected chi connectivity index (χ2v) is 3.20. The lowest BCUT2D eigenvalue weighted by atomic mass is 9.80. The highest BCUT2D eigenvalue weighted by Gasteiger charge is 2.36. The number of methoxy groups -OCH3 is 1. The molecule has 0 spiro atoms. The second-order valence-electron chi connectivity index (χ2n) is 3.20. The zero-order valence-corrected chi connectivity index (χ0v) is 7.26. The maximum absolute atomic E-state index is 5.43. The van der Waals surface area contributed by atoms with E-state index in [0.29, 0.717) is 5.84 Å². The quantitative estimate of drug-likeness (QED) is 0.488. The zero-order chi connectivity index (χ0) is 8.32. The third-order valence-electron chi connectivity index (χ3n) is 2.31. The summed E-state index contributed by atoms with van der Waals surface area (Å²) < 4.78 is 5.36. The van der Waals surface area contributed by atoms with Crippen molar-refractivity contribution in [2.24, 2.45) is 10.7 Å². The molecule has 0 amide bonds. The number of hydrogen-bond donors (Lipinski definition) is 1. The minimum absolute atomic E-state index is 0.0284. The normalized spacial score (nSPS) is 22.9. The Labute approximate surface area is 67.6 Å². The Hall–Kier alpha value is -0.570. The van der Waals surface area contributed by atoms with Gasteiger partial charge in [-0.25, -0.2) is 0 Å². The molecule has 1 aliphatic carbocycles. The first-order valence-electron chi connectivity index (χ1n) is 4.00. The predicted octanol–water partition coefficient (Wildman–Crippen LogP) is 0.933. The van der Waals surface area contributed by atoms with Crippen LogP contribution in [0.2, 0.25) is 0 Å². The van der Waals surface area contributed by atoms with Crippen molar-refractivity contribution < 1.29 is 4.74 Å². The summed E-state index contributed by atoms with van der Waals surface area (Å²) in [4.78, 5) is 4.16. The average Bonchev–Trinajstić information content (AvgIpc) is 1.86. The van der Waals surface area contributed by atoms with Gasteiger partial charge in [-0.3, -0.25) is 4.99 Å². The minimum Gasteiger partial charge on any atom is -0.388 e. The lowest BCUT2D eigenvalue weighted by molar-refractivity contribution is -0.0629. The maximum Gasteiger partial charge on any atom is 0.0906 e. The summed E-state index contributed by atoms with van der Waals surface area (Å²) in [5.41, 5.74) is 5.46. The monoisotopic (exact) mass is 156 g/mol. The summed E-state index contributed by atoms with van der Waals surface area (Å²) in [5.74, 6) is 0.647. The van der Waals surface area contributed by atoms with Crippen LogP contribution in [0.15, 0.2) is 4.99 Å². The molecule has 11 heavy (non-hydrogen) atoms. The van der Waals surface area contributed by atoms with Crippen LogP contribution in [0, 0.1) is 0 Å². The fourth-order valence-electron chi connectivity index (χ4n) is 1.27. The first kappa shape index (κ1) is 8.53. The molecule has 0 bridgehead atoms. The molecule has 1 fully saturated rings. The van der Waals surface area contributed by atoms with Gasteiger partial charge >= 0.3 is 0 Å². The molecule has 0 aromatic rings. The number of nitrogens with zero attached hydrogens (tertiary/aromatic N) is 1. The van der Waals surface area contributed by atoms with E-state index in [2.05, 4.69) is 4.99 Å². The highest BCUT2D eigenvalue weighted by molar-refractivity contribution is 5.77. The van der Waals surface area contributed by atoms with Gasteiger partial charge in [-0.05, 0) is 26.2 Å². The van der Waals surface area contributed by atoms with Crippen molar-refractivity contribution in [2.75, 3.05) is 13.7 Å². The Morgan fingerprint density at radius 1 is 1.64 bits per heavy atom. The van der Waals surface area contributed by atoms with Crippen molar-refractivity contribution in [1.29, 1.82) is 0 Å². The number of aliphatic imine (C=N–C) groups is 1. The molecule has 0 aromatic heterocycles. The molecule has 0 heterocycles. The third kappa shape index (κ3) is 1.93. The predicted molar refractivity (Wildman–Crippen MR) is 45.8 cm³/mol. The Morgan fingerprint density at radius 3 is 2.55 bits per heavy atom. The van der Waals surface area contributed by atoms with Crippen molar-refractivity contribution in [3.8, 4) is 0 Å². The van der Waals surface area contributed by atoms with Gasteiger partial charge in [0.05, 0.1) is 18.0 Å². The Kier molecular flexibility index (Phi) is 2.49. The molecule has 0 aromatic carbocycles. The van der Waals surface area contributed by atoms with Crippen molar-refractivity contribution in [2.45, 2.75) is 31.8 Å². The van der Waals surface area contributed by atoms with E-state index in [4.69, 9.17) is 10.5 Å². The fraction of sp³-hybridized carbons (Fsp3) is 0.875. The Balaban J connectivity index is 2.39. The topological polar surface area (TPSA) is 47.6 Å². The van der Waals surface area contributed by atoms with Crippen molar-refractivity contribution in [3.05, 3.63) is 0 Å². The molecule has 2 N–H and O–H groups in total. The van der Waals surface area contributed by atoms with E-state index in [1.807, 2.05) is 6.92 Å². The Morgan fingerprint density at radius 2 is 2.27 bits per heavy atom. The molecular weight excluding hydrogens is 140 g/mol. The van der Waals surface area contributed by atoms with E-state index >= 15 is 0 Å². The van der Waals surface area contributed by atoms with Crippen molar-refractivity contribution >= 4 is 5.84 Å². The van der Waals surface area contributed by atoms with Gasteiger partial charge in [0.2, 0.25) is 0 Å². The van der Waals surface area contributed by atoms with Crippen LogP contribution in [-0.2, 0) is 4.74 Å². The highest BCUT2D eigenvalue weighted by Crippen LogP contribution is 2.35. The van der Waals surface area contributed by atoms with Crippen LogP contribution in [0.1, 0.15) is 26.2 Å². The van der Waals surface area contributed by atoms with Gasteiger partial charge in [-0.2, -0.15) is 0 Å². The molecule has 3 nitrogen and oxygen atoms in total. The molecule has 3 heteroatoms. The lowest BCUT2D eigenvalue weighted by Gasteiger charge is -2.39. The van der Waals surface area contributed by atoms with E-state index < -0.39 is 0 Å². The SMILES string of the molecule is COC1(CN=C(C)N)CCC1. The molecular formula is C8H16N2O. The van der Waals surface area contributed by atoms with Gasteiger partial charge in [0.15, 0.2) is 0 Å². The summed E-state index contributed by atoms with van der Waals surface area (Å²) in [7, 11) is 1.75. The molecule has 64 valence electrons. The number of hydrogen-bond acceptors (Lipinski definition) is 2. The summed E-state index contributed by atoms with van der Waals surface area (Å²) in [6, 6.07) is 0. The van der Waals surface area contributed by atoms with Gasteiger partial charge in [-0.15, -0.1) is 0 Å². The number of amidine groups is 1. The second kappa shape index (κ2) is 3.22. The van der Waals surface area contributed by atoms with Crippen LogP contribution in [0.4, 0.5) is 0 Å². The van der Waals surface area contributed by atoms with Crippen LogP contribution in [-0.4, -0.2) is 25.1 Å². The van der Waals surface area contributed by atoms with Crippen LogP contribution in [0.5, 0.6) is 0 Å². The van der Waals surface area contributed by atoms with Gasteiger partial charge in [0.1, 0.15) is 0 Å². The van der Waals surface area contributed by atoms with E-state index in [0.717, 1.165) is 19.4 Å². The van der Waals surface area contributed by atoms with Crippen LogP contribution >= 0.6 is 0 Å². The molecule has 1 rings (SSSR count). The summed E-state index contributed by atoms with van der Waals surface area (Å²) in [6.07, 6.45) is 3.51. The third-order valence-corrected chi connectivity index (χ3v) is 2.31. The zero-order valence-electron chi connectivity index (χ0n) is 7.26. The average molecular weight is 156 g/mol. The van der Waals surface area contributed by atoms with E-state index in [-0.39, 0.29) is 5.60 Å². The minimum atomic E-state index is 0.0284. The van der Waals surface area contributed by atoms with Gasteiger partial charge in [-0.1, -0.05) is 0 Å². The number of nitrogens with two attached hydrogens (primary N) is 1. The van der Waals surface area contributed by atoms with E-state index in [9.17, 15) is 0 Å². The molecule has 0 unspecified atom stereocenters. The van der Waals surface area contributed by atoms with Crippen LogP contribution in [0.3, 0.4) is 0 Å². The molecule has 1 saturated carbocycles. The van der Waals surface area contributed by atoms with Crippen molar-refractivity contribution in [3.63, 3.8) is 0 Å². The van der Waals surface area contributed by atoms with E-state index in [1.165, 1.54) is 6.42 Å². The maximum atomic E-state index is 5.43. The first-order valence-corrected chi connectivity index (χ1v) is 4.00. The van der Waals surface area contributed by atoms with E-state index in [1.54, 1.807) is 7.11 Å².